The predicted octanol–water partition coefficient (Wildman–Crippen LogP) is 2.98. The molecule has 2 amide bonds. The van der Waals surface area contributed by atoms with E-state index in [4.69, 9.17) is 9.47 Å². The monoisotopic (exact) mass is 501 g/mol. The fraction of sp³-hybridized carbons (Fsp3) is 0.560. The summed E-state index contributed by atoms with van der Waals surface area (Å²) in [6, 6.07) is 5.64. The topological polar surface area (TPSA) is 96.0 Å². The average Bonchev–Trinajstić information content (AvgIpc) is 3.51. The molecule has 2 saturated heterocycles. The summed E-state index contributed by atoms with van der Waals surface area (Å²) < 4.78 is 11.1. The number of amides is 2. The molecule has 35 heavy (non-hydrogen) atoms. The van der Waals surface area contributed by atoms with Crippen molar-refractivity contribution in [2.75, 3.05) is 56.7 Å². The Morgan fingerprint density at radius 3 is 2.83 bits per heavy atom. The molecule has 2 aromatic rings. The van der Waals surface area contributed by atoms with Crippen LogP contribution in [0.4, 0.5) is 10.8 Å². The summed E-state index contributed by atoms with van der Waals surface area (Å²) in [7, 11) is 1.72. The number of aromatic nitrogens is 1. The van der Waals surface area contributed by atoms with Crippen LogP contribution < -0.4 is 15.5 Å². The number of hydrogen-bond donors (Lipinski definition) is 2. The highest BCUT2D eigenvalue weighted by molar-refractivity contribution is 7.14. The maximum Gasteiger partial charge on any atom is 0.275 e. The van der Waals surface area contributed by atoms with Crippen molar-refractivity contribution in [3.63, 3.8) is 0 Å². The van der Waals surface area contributed by atoms with Crippen molar-refractivity contribution in [3.05, 3.63) is 40.4 Å². The summed E-state index contributed by atoms with van der Waals surface area (Å²) in [5.41, 5.74) is 2.18. The molecule has 0 aliphatic carbocycles. The Labute approximate surface area is 210 Å². The Hall–Kier alpha value is -2.53. The molecular formula is C25H35N5O4S. The Bertz CT molecular complexity index is 1060. The van der Waals surface area contributed by atoms with Crippen LogP contribution in [0.2, 0.25) is 0 Å². The maximum atomic E-state index is 13.0. The minimum Gasteiger partial charge on any atom is -0.380 e. The van der Waals surface area contributed by atoms with Gasteiger partial charge in [0.2, 0.25) is 0 Å². The lowest BCUT2D eigenvalue weighted by Gasteiger charge is -2.42. The first-order valence-electron chi connectivity index (χ1n) is 12.1. The van der Waals surface area contributed by atoms with E-state index in [1.165, 1.54) is 11.3 Å². The Morgan fingerprint density at radius 2 is 2.11 bits per heavy atom. The molecule has 0 unspecified atom stereocenters. The second-order valence-corrected chi connectivity index (χ2v) is 10.4. The second kappa shape index (κ2) is 11.0. The van der Waals surface area contributed by atoms with Crippen molar-refractivity contribution in [2.24, 2.45) is 0 Å². The van der Waals surface area contributed by atoms with Crippen molar-refractivity contribution >= 4 is 34.0 Å². The van der Waals surface area contributed by atoms with Gasteiger partial charge < -0.3 is 25.0 Å². The van der Waals surface area contributed by atoms with Gasteiger partial charge in [0.05, 0.1) is 30.6 Å². The number of thiazole rings is 1. The first-order chi connectivity index (χ1) is 16.8. The normalized spacial score (nSPS) is 20.1. The number of nitrogens with zero attached hydrogens (tertiary/aromatic N) is 3. The number of carbonyl (C=O) groups is 2. The van der Waals surface area contributed by atoms with E-state index in [-0.39, 0.29) is 23.5 Å². The third-order valence-electron chi connectivity index (χ3n) is 6.58. The van der Waals surface area contributed by atoms with E-state index in [2.05, 4.69) is 39.3 Å². The van der Waals surface area contributed by atoms with Gasteiger partial charge in [-0.3, -0.25) is 14.5 Å². The number of hydrogen-bond acceptors (Lipinski definition) is 8. The Balaban J connectivity index is 1.50. The highest BCUT2D eigenvalue weighted by Gasteiger charge is 2.31. The molecule has 1 atom stereocenters. The fourth-order valence-electron chi connectivity index (χ4n) is 4.44. The molecule has 0 bridgehead atoms. The highest BCUT2D eigenvalue weighted by atomic mass is 32.1. The van der Waals surface area contributed by atoms with E-state index in [0.29, 0.717) is 43.2 Å². The number of rotatable bonds is 8. The summed E-state index contributed by atoms with van der Waals surface area (Å²) in [5, 5.41) is 8.32. The number of methoxy groups -OCH3 is 1. The molecule has 190 valence electrons. The largest absolute Gasteiger partial charge is 0.380 e. The number of ether oxygens (including phenoxy) is 2. The molecular weight excluding hydrogens is 466 g/mol. The zero-order chi connectivity index (χ0) is 25.0. The lowest BCUT2D eigenvalue weighted by atomic mass is 10.00. The number of benzene rings is 1. The maximum absolute atomic E-state index is 13.0. The van der Waals surface area contributed by atoms with E-state index >= 15 is 0 Å². The van der Waals surface area contributed by atoms with E-state index < -0.39 is 0 Å². The lowest BCUT2D eigenvalue weighted by Crippen LogP contribution is -2.52. The van der Waals surface area contributed by atoms with Crippen molar-refractivity contribution in [3.8, 4) is 0 Å². The quantitative estimate of drug-likeness (QED) is 0.574. The third-order valence-corrected chi connectivity index (χ3v) is 7.48. The first-order valence-corrected chi connectivity index (χ1v) is 13.0. The molecule has 9 nitrogen and oxygen atoms in total. The standard InChI is InChI=1S/C25H35N5O4S/c1-5-26-22(31)19-12-17(13-30-10-11-34-16-25(30,2)3)6-7-20(19)27-23(32)21-15-35-24(28-21)29-9-8-18(14-29)33-4/h6-7,12,15,18H,5,8-11,13-14,16H2,1-4H3,(H,26,31)(H,27,32)/t18-/m0/s1. The molecule has 1 aromatic heterocycles. The Morgan fingerprint density at radius 1 is 1.29 bits per heavy atom. The first kappa shape index (κ1) is 25.6. The molecule has 2 N–H and O–H groups in total. The molecule has 0 radical (unpaired) electrons. The van der Waals surface area contributed by atoms with Crippen LogP contribution in [-0.2, 0) is 16.0 Å². The van der Waals surface area contributed by atoms with Gasteiger partial charge in [-0.2, -0.15) is 0 Å². The summed E-state index contributed by atoms with van der Waals surface area (Å²) in [6.45, 7) is 11.2. The predicted molar refractivity (Wildman–Crippen MR) is 137 cm³/mol. The molecule has 10 heteroatoms. The van der Waals surface area contributed by atoms with Gasteiger partial charge in [-0.05, 0) is 44.9 Å². The molecule has 4 rings (SSSR count). The third kappa shape index (κ3) is 6.00. The van der Waals surface area contributed by atoms with Crippen LogP contribution >= 0.6 is 11.3 Å². The minimum absolute atomic E-state index is 0.0854. The molecule has 2 fully saturated rings. The highest BCUT2D eigenvalue weighted by Crippen LogP contribution is 2.27. The van der Waals surface area contributed by atoms with Gasteiger partial charge >= 0.3 is 0 Å². The number of carbonyl (C=O) groups excluding carboxylic acids is 2. The average molecular weight is 502 g/mol. The zero-order valence-corrected chi connectivity index (χ0v) is 21.7. The number of nitrogens with one attached hydrogen (secondary N) is 2. The van der Waals surface area contributed by atoms with Crippen LogP contribution in [0.15, 0.2) is 23.6 Å². The van der Waals surface area contributed by atoms with Gasteiger partial charge in [-0.25, -0.2) is 4.98 Å². The van der Waals surface area contributed by atoms with Crippen LogP contribution in [0.5, 0.6) is 0 Å². The van der Waals surface area contributed by atoms with Gasteiger partial charge in [0.25, 0.3) is 11.8 Å². The molecule has 1 aromatic carbocycles. The number of anilines is 2. The van der Waals surface area contributed by atoms with Gasteiger partial charge in [0, 0.05) is 50.8 Å². The number of morpholine rings is 1. The van der Waals surface area contributed by atoms with Crippen molar-refractivity contribution in [1.82, 2.24) is 15.2 Å². The molecule has 3 heterocycles. The van der Waals surface area contributed by atoms with Crippen molar-refractivity contribution in [1.29, 1.82) is 0 Å². The SMILES string of the molecule is CCNC(=O)c1cc(CN2CCOCC2(C)C)ccc1NC(=O)c1csc(N2CC[C@H](OC)C2)n1. The van der Waals surface area contributed by atoms with Crippen LogP contribution in [0.3, 0.4) is 0 Å². The van der Waals surface area contributed by atoms with E-state index in [1.54, 1.807) is 12.5 Å². The van der Waals surface area contributed by atoms with Crippen molar-refractivity contribution in [2.45, 2.75) is 45.4 Å². The van der Waals surface area contributed by atoms with Gasteiger partial charge in [-0.1, -0.05) is 6.07 Å². The summed E-state index contributed by atoms with van der Waals surface area (Å²) in [4.78, 5) is 34.9. The molecule has 2 aliphatic rings. The van der Waals surface area contributed by atoms with Crippen LogP contribution in [0.25, 0.3) is 0 Å². The summed E-state index contributed by atoms with van der Waals surface area (Å²) >= 11 is 1.44. The van der Waals surface area contributed by atoms with E-state index in [1.807, 2.05) is 25.1 Å². The zero-order valence-electron chi connectivity index (χ0n) is 20.9. The molecule has 0 spiro atoms. The van der Waals surface area contributed by atoms with Gasteiger partial charge in [-0.15, -0.1) is 11.3 Å². The van der Waals surface area contributed by atoms with E-state index in [9.17, 15) is 9.59 Å². The van der Waals surface area contributed by atoms with Crippen molar-refractivity contribution < 1.29 is 19.1 Å². The summed E-state index contributed by atoms with van der Waals surface area (Å²) in [6.07, 6.45) is 1.14. The fourth-order valence-corrected chi connectivity index (χ4v) is 5.28. The molecule has 0 saturated carbocycles. The van der Waals surface area contributed by atoms with Gasteiger partial charge in [0.1, 0.15) is 5.69 Å². The molecule has 2 aliphatic heterocycles. The van der Waals surface area contributed by atoms with E-state index in [0.717, 1.165) is 36.8 Å². The smallest absolute Gasteiger partial charge is 0.275 e. The van der Waals surface area contributed by atoms with Gasteiger partial charge in [0.15, 0.2) is 5.13 Å². The van der Waals surface area contributed by atoms with Crippen LogP contribution in [-0.4, -0.2) is 79.8 Å². The summed E-state index contributed by atoms with van der Waals surface area (Å²) in [5.74, 6) is -0.546. The second-order valence-electron chi connectivity index (χ2n) is 9.59. The van der Waals surface area contributed by atoms with Crippen LogP contribution in [0.1, 0.15) is 53.6 Å². The Kier molecular flexibility index (Phi) is 8.05. The lowest BCUT2D eigenvalue weighted by molar-refractivity contribution is -0.0552. The minimum atomic E-state index is -0.331. The van der Waals surface area contributed by atoms with Crippen LogP contribution in [0, 0.1) is 0 Å².